The van der Waals surface area contributed by atoms with Crippen LogP contribution in [0, 0.1) is 5.92 Å². The number of halogens is 5. The summed E-state index contributed by atoms with van der Waals surface area (Å²) in [6.07, 6.45) is -4.09. The van der Waals surface area contributed by atoms with Crippen molar-refractivity contribution in [3.8, 4) is 5.75 Å². The van der Waals surface area contributed by atoms with Gasteiger partial charge in [-0.2, -0.15) is 0 Å². The molecule has 1 aliphatic rings. The molecule has 0 heterocycles. The van der Waals surface area contributed by atoms with Crippen molar-refractivity contribution < 1.29 is 22.7 Å². The van der Waals surface area contributed by atoms with E-state index in [-0.39, 0.29) is 22.1 Å². The van der Waals surface area contributed by atoms with Crippen LogP contribution in [0.2, 0.25) is 0 Å². The molecule has 1 aliphatic carbocycles. The first-order valence-electron chi connectivity index (χ1n) is 5.02. The molecule has 2 rings (SSSR count). The van der Waals surface area contributed by atoms with E-state index < -0.39 is 11.6 Å². The highest BCUT2D eigenvalue weighted by Gasteiger charge is 2.43. The van der Waals surface area contributed by atoms with Crippen LogP contribution < -0.4 is 4.74 Å². The lowest BCUT2D eigenvalue weighted by Gasteiger charge is -2.11. The minimum Gasteiger partial charge on any atom is -0.405 e. The predicted octanol–water partition coefficient (Wildman–Crippen LogP) is 4.22. The van der Waals surface area contributed by atoms with Crippen molar-refractivity contribution in [2.75, 3.05) is 0 Å². The topological polar surface area (TPSA) is 26.3 Å². The van der Waals surface area contributed by atoms with Gasteiger partial charge in [-0.1, -0.05) is 6.07 Å². The summed E-state index contributed by atoms with van der Waals surface area (Å²) < 4.78 is 40.2. The molecule has 1 fully saturated rings. The molecule has 0 N–H and O–H groups in total. The number of alkyl halides is 3. The Morgan fingerprint density at radius 3 is 2.56 bits per heavy atom. The Bertz CT molecular complexity index is 490. The van der Waals surface area contributed by atoms with E-state index >= 15 is 0 Å². The van der Waals surface area contributed by atoms with Gasteiger partial charge >= 0.3 is 6.36 Å². The summed E-state index contributed by atoms with van der Waals surface area (Å²) in [4.78, 5) is 10.9. The maximum absolute atomic E-state index is 12.1. The van der Waals surface area contributed by atoms with Gasteiger partial charge in [0.15, 0.2) is 0 Å². The third-order valence-electron chi connectivity index (χ3n) is 2.69. The van der Waals surface area contributed by atoms with Gasteiger partial charge in [0, 0.05) is 5.92 Å². The van der Waals surface area contributed by atoms with Gasteiger partial charge in [0.05, 0.1) is 4.47 Å². The summed E-state index contributed by atoms with van der Waals surface area (Å²) in [5.41, 5.74) is 0.774. The second-order valence-corrected chi connectivity index (χ2v) is 5.22. The van der Waals surface area contributed by atoms with Crippen LogP contribution in [0.25, 0.3) is 0 Å². The van der Waals surface area contributed by atoms with Crippen LogP contribution in [0.3, 0.4) is 0 Å². The zero-order valence-corrected chi connectivity index (χ0v) is 11.1. The van der Waals surface area contributed by atoms with Gasteiger partial charge in [0.25, 0.3) is 0 Å². The molecule has 0 radical (unpaired) electrons. The molecule has 0 amide bonds. The van der Waals surface area contributed by atoms with Gasteiger partial charge in [-0.05, 0) is 57.6 Å². The van der Waals surface area contributed by atoms with E-state index in [9.17, 15) is 18.0 Å². The molecule has 1 saturated carbocycles. The summed E-state index contributed by atoms with van der Waals surface area (Å²) in [6, 6.07) is 4.25. The third-order valence-corrected chi connectivity index (χ3v) is 3.59. The fourth-order valence-electron chi connectivity index (χ4n) is 1.77. The van der Waals surface area contributed by atoms with Crippen LogP contribution >= 0.6 is 27.5 Å². The van der Waals surface area contributed by atoms with Crippen molar-refractivity contribution in [1.29, 1.82) is 0 Å². The molecule has 0 aliphatic heterocycles. The highest BCUT2D eigenvalue weighted by Crippen LogP contribution is 2.49. The van der Waals surface area contributed by atoms with Crippen molar-refractivity contribution >= 4 is 32.8 Å². The summed E-state index contributed by atoms with van der Waals surface area (Å²) in [6.45, 7) is 0. The number of benzene rings is 1. The lowest BCUT2D eigenvalue weighted by Crippen LogP contribution is -2.17. The van der Waals surface area contributed by atoms with E-state index in [1.165, 1.54) is 18.2 Å². The van der Waals surface area contributed by atoms with Gasteiger partial charge in [-0.15, -0.1) is 13.2 Å². The zero-order valence-electron chi connectivity index (χ0n) is 8.80. The quantitative estimate of drug-likeness (QED) is 0.768. The second kappa shape index (κ2) is 4.74. The third kappa shape index (κ3) is 3.17. The maximum Gasteiger partial charge on any atom is 0.573 e. The molecule has 1 aromatic carbocycles. The van der Waals surface area contributed by atoms with Gasteiger partial charge in [-0.25, -0.2) is 0 Å². The van der Waals surface area contributed by atoms with Gasteiger partial charge in [0.2, 0.25) is 5.24 Å². The van der Waals surface area contributed by atoms with E-state index in [0.29, 0.717) is 6.42 Å². The van der Waals surface area contributed by atoms with Gasteiger partial charge in [0.1, 0.15) is 5.75 Å². The van der Waals surface area contributed by atoms with Crippen molar-refractivity contribution in [3.63, 3.8) is 0 Å². The molecule has 2 nitrogen and oxygen atoms in total. The first kappa shape index (κ1) is 13.7. The van der Waals surface area contributed by atoms with E-state index in [1.807, 2.05) is 0 Å². The minimum absolute atomic E-state index is 0.00811. The van der Waals surface area contributed by atoms with Crippen molar-refractivity contribution in [2.24, 2.45) is 5.92 Å². The summed E-state index contributed by atoms with van der Waals surface area (Å²) in [5, 5.41) is -0.410. The number of ether oxygens (including phenoxy) is 1. The molecule has 1 aromatic rings. The normalized spacial score (nSPS) is 22.7. The van der Waals surface area contributed by atoms with Crippen LogP contribution in [-0.2, 0) is 4.79 Å². The average Bonchev–Trinajstić information content (AvgIpc) is 2.98. The molecule has 0 saturated heterocycles. The molecule has 0 bridgehead atoms. The van der Waals surface area contributed by atoms with Crippen LogP contribution in [0.15, 0.2) is 22.7 Å². The van der Waals surface area contributed by atoms with Crippen molar-refractivity contribution in [1.82, 2.24) is 0 Å². The van der Waals surface area contributed by atoms with Crippen molar-refractivity contribution in [2.45, 2.75) is 18.7 Å². The van der Waals surface area contributed by atoms with Crippen LogP contribution in [0.1, 0.15) is 17.9 Å². The Hall–Kier alpha value is -0.750. The van der Waals surface area contributed by atoms with Gasteiger partial charge in [-0.3, -0.25) is 4.79 Å². The molecular weight excluding hydrogens is 336 g/mol. The second-order valence-electron chi connectivity index (χ2n) is 3.99. The maximum atomic E-state index is 12.1. The fraction of sp³-hybridized carbons (Fsp3) is 0.364. The van der Waals surface area contributed by atoms with Crippen LogP contribution in [0.5, 0.6) is 5.75 Å². The lowest BCUT2D eigenvalue weighted by molar-refractivity contribution is -0.274. The number of hydrogen-bond acceptors (Lipinski definition) is 2. The standard InChI is InChI=1S/C11H7BrClF3O2/c12-8-3-5(6-4-7(6)10(13)17)1-2-9(8)18-11(14,15)16/h1-3,6-7H,4H2. The summed E-state index contributed by atoms with van der Waals surface area (Å²) in [7, 11) is 0. The molecule has 98 valence electrons. The van der Waals surface area contributed by atoms with E-state index in [1.54, 1.807) is 0 Å². The zero-order chi connectivity index (χ0) is 13.5. The monoisotopic (exact) mass is 342 g/mol. The number of carbonyl (C=O) groups is 1. The molecular formula is C11H7BrClF3O2. The molecule has 7 heteroatoms. The summed E-state index contributed by atoms with van der Waals surface area (Å²) >= 11 is 8.36. The van der Waals surface area contributed by atoms with Gasteiger partial charge < -0.3 is 4.74 Å². The van der Waals surface area contributed by atoms with Crippen LogP contribution in [0.4, 0.5) is 13.2 Å². The smallest absolute Gasteiger partial charge is 0.405 e. The largest absolute Gasteiger partial charge is 0.573 e. The van der Waals surface area contributed by atoms with Crippen LogP contribution in [-0.4, -0.2) is 11.6 Å². The molecule has 2 unspecified atom stereocenters. The first-order valence-corrected chi connectivity index (χ1v) is 6.19. The van der Waals surface area contributed by atoms with E-state index in [0.717, 1.165) is 5.56 Å². The first-order chi connectivity index (χ1) is 8.28. The number of rotatable bonds is 3. The highest BCUT2D eigenvalue weighted by molar-refractivity contribution is 9.10. The lowest BCUT2D eigenvalue weighted by atomic mass is 10.1. The Morgan fingerprint density at radius 2 is 2.11 bits per heavy atom. The molecule has 0 aromatic heterocycles. The van der Waals surface area contributed by atoms with Crippen molar-refractivity contribution in [3.05, 3.63) is 28.2 Å². The number of hydrogen-bond donors (Lipinski definition) is 0. The van der Waals surface area contributed by atoms with E-state index in [4.69, 9.17) is 11.6 Å². The Labute approximate surface area is 114 Å². The predicted molar refractivity (Wildman–Crippen MR) is 62.5 cm³/mol. The van der Waals surface area contributed by atoms with E-state index in [2.05, 4.69) is 20.7 Å². The average molecular weight is 344 g/mol. The minimum atomic E-state index is -4.72. The molecule has 18 heavy (non-hydrogen) atoms. The Balaban J connectivity index is 2.14. The SMILES string of the molecule is O=C(Cl)C1CC1c1ccc(OC(F)(F)F)c(Br)c1. The summed E-state index contributed by atoms with van der Waals surface area (Å²) in [5.74, 6) is -0.542. The highest BCUT2D eigenvalue weighted by atomic mass is 79.9. The molecule has 2 atom stereocenters. The molecule has 0 spiro atoms. The fourth-order valence-corrected chi connectivity index (χ4v) is 2.49. The number of carbonyl (C=O) groups excluding carboxylic acids is 1. The Kier molecular flexibility index (Phi) is 3.60. The Morgan fingerprint density at radius 1 is 1.44 bits per heavy atom.